The fourth-order valence-corrected chi connectivity index (χ4v) is 8.45. The summed E-state index contributed by atoms with van der Waals surface area (Å²) >= 11 is 0. The van der Waals surface area contributed by atoms with E-state index in [4.69, 9.17) is 9.47 Å². The monoisotopic (exact) mass is 881 g/mol. The molecule has 0 saturated heterocycles. The molecule has 1 rings (SSSR count). The maximum Gasteiger partial charge on any atom is 1.00 e. The Morgan fingerprint density at radius 2 is 0.672 bits per heavy atom. The molecule has 7 nitrogen and oxygen atoms in total. The van der Waals surface area contributed by atoms with Crippen molar-refractivity contribution >= 4 is 22.1 Å². The summed E-state index contributed by atoms with van der Waals surface area (Å²) in [5, 5.41) is 0. The minimum absolute atomic E-state index is 0. The number of carbonyl (C=O) groups excluding carboxylic acids is 2. The van der Waals surface area contributed by atoms with E-state index in [1.165, 1.54) is 192 Å². The van der Waals surface area contributed by atoms with Gasteiger partial charge in [0.15, 0.2) is 0 Å². The maximum absolute atomic E-state index is 13.0. The predicted octanol–water partition coefficient (Wildman–Crippen LogP) is 13.1. The topological polar surface area (TPSA) is 110 Å². The smallest absolute Gasteiger partial charge is 0.744 e. The Morgan fingerprint density at radius 3 is 0.934 bits per heavy atom. The molecule has 0 aliphatic heterocycles. The van der Waals surface area contributed by atoms with Gasteiger partial charge in [0.1, 0.15) is 10.1 Å². The summed E-state index contributed by atoms with van der Waals surface area (Å²) in [4.78, 5) is 25.3. The largest absolute Gasteiger partial charge is 1.00 e. The van der Waals surface area contributed by atoms with Crippen LogP contribution in [0.5, 0.6) is 0 Å². The summed E-state index contributed by atoms with van der Waals surface area (Å²) in [6.07, 6.45) is 51.5. The van der Waals surface area contributed by atoms with Crippen LogP contribution >= 0.6 is 0 Å². The van der Waals surface area contributed by atoms with Gasteiger partial charge in [-0.05, 0) is 56.7 Å². The fourth-order valence-electron chi connectivity index (χ4n) is 7.95. The van der Waals surface area contributed by atoms with Gasteiger partial charge in [-0.3, -0.25) is 0 Å². The third kappa shape index (κ3) is 36.6. The normalized spacial score (nSPS) is 11.3. The molecule has 9 heteroatoms. The summed E-state index contributed by atoms with van der Waals surface area (Å²) < 4.78 is 45.9. The zero-order valence-electron chi connectivity index (χ0n) is 39.4. The van der Waals surface area contributed by atoms with E-state index in [0.29, 0.717) is 12.8 Å². The summed E-state index contributed by atoms with van der Waals surface area (Å²) in [6.45, 7) is 7.95. The molecular formula is C52H89NaO7S. The van der Waals surface area contributed by atoms with Crippen LogP contribution in [0.3, 0.4) is 0 Å². The molecule has 1 aromatic carbocycles. The van der Waals surface area contributed by atoms with Gasteiger partial charge in [0.05, 0.1) is 29.2 Å². The SMILES string of the molecule is C=CCCCCCCCCCCCCCCCCCCCCOC(=O)c1ccc(S(=O)(=O)[O-])cc1C(=O)OCCCCCCCCCCCCCCCCCCCCC=C.[Na+]. The minimum atomic E-state index is -4.82. The number of benzene rings is 1. The molecule has 0 aliphatic carbocycles. The number of ether oxygens (including phenoxy) is 2. The molecule has 0 heterocycles. The van der Waals surface area contributed by atoms with Crippen LogP contribution in [0.2, 0.25) is 0 Å². The third-order valence-electron chi connectivity index (χ3n) is 11.8. The summed E-state index contributed by atoms with van der Waals surface area (Å²) in [5.41, 5.74) is -0.331. The van der Waals surface area contributed by atoms with Crippen LogP contribution in [0.4, 0.5) is 0 Å². The molecule has 0 spiro atoms. The molecule has 0 N–H and O–H groups in total. The van der Waals surface area contributed by atoms with Crippen molar-refractivity contribution in [3.63, 3.8) is 0 Å². The Morgan fingerprint density at radius 1 is 0.426 bits per heavy atom. The van der Waals surface area contributed by atoms with Gasteiger partial charge >= 0.3 is 41.5 Å². The predicted molar refractivity (Wildman–Crippen MR) is 251 cm³/mol. The molecule has 0 fully saturated rings. The number of unbranched alkanes of at least 4 members (excludes halogenated alkanes) is 36. The number of carbonyl (C=O) groups is 2. The van der Waals surface area contributed by atoms with Gasteiger partial charge in [-0.1, -0.05) is 218 Å². The van der Waals surface area contributed by atoms with E-state index in [-0.39, 0.29) is 53.9 Å². The second kappa shape index (κ2) is 43.8. The van der Waals surface area contributed by atoms with Gasteiger partial charge in [0.2, 0.25) is 0 Å². The van der Waals surface area contributed by atoms with Crippen LogP contribution in [-0.4, -0.2) is 38.1 Å². The minimum Gasteiger partial charge on any atom is -0.744 e. The molecule has 0 radical (unpaired) electrons. The molecule has 61 heavy (non-hydrogen) atoms. The number of esters is 2. The van der Waals surface area contributed by atoms with Crippen molar-refractivity contribution < 1.29 is 61.6 Å². The number of allylic oxidation sites excluding steroid dienone is 2. The zero-order chi connectivity index (χ0) is 43.6. The molecular weight excluding hydrogens is 792 g/mol. The van der Waals surface area contributed by atoms with Crippen molar-refractivity contribution in [2.75, 3.05) is 13.2 Å². The molecule has 0 bridgehead atoms. The van der Waals surface area contributed by atoms with E-state index in [1.54, 1.807) is 0 Å². The zero-order valence-corrected chi connectivity index (χ0v) is 42.2. The van der Waals surface area contributed by atoms with Crippen LogP contribution in [-0.2, 0) is 19.6 Å². The molecule has 0 atom stereocenters. The standard InChI is InChI=1S/C52H90O7S.Na/c1-3-5-7-9-11-13-15-17-19-21-23-25-27-29-31-33-35-37-39-41-45-58-51(53)49-44-43-48(60(55,56)57)47-50(49)52(54)59-46-42-40-38-36-34-32-30-28-26-24-22-20-18-16-14-12-10-8-6-4-2;/h3-4,43-44,47H,1-2,5-42,45-46H2,(H,55,56,57);/q;+1/p-1. The van der Waals surface area contributed by atoms with Crippen molar-refractivity contribution in [3.05, 3.63) is 54.6 Å². The number of rotatable bonds is 45. The Balaban J connectivity index is 0.0000360. The van der Waals surface area contributed by atoms with E-state index in [1.807, 2.05) is 12.2 Å². The first kappa shape index (κ1) is 59.5. The molecule has 0 aromatic heterocycles. The molecule has 1 aromatic rings. The molecule has 0 saturated carbocycles. The molecule has 346 valence electrons. The fraction of sp³-hybridized carbons (Fsp3) is 0.769. The first-order valence-corrected chi connectivity index (χ1v) is 26.4. The van der Waals surface area contributed by atoms with Gasteiger partial charge in [0, 0.05) is 0 Å². The van der Waals surface area contributed by atoms with Crippen molar-refractivity contribution in [2.24, 2.45) is 0 Å². The van der Waals surface area contributed by atoms with Crippen LogP contribution in [0.1, 0.15) is 265 Å². The van der Waals surface area contributed by atoms with Crippen LogP contribution in [0.25, 0.3) is 0 Å². The summed E-state index contributed by atoms with van der Waals surface area (Å²) in [5.74, 6) is -1.54. The number of hydrogen-bond donors (Lipinski definition) is 0. The first-order valence-electron chi connectivity index (χ1n) is 25.0. The summed E-state index contributed by atoms with van der Waals surface area (Å²) in [6, 6.07) is 3.16. The average Bonchev–Trinajstić information content (AvgIpc) is 3.24. The van der Waals surface area contributed by atoms with Crippen LogP contribution < -0.4 is 29.6 Å². The van der Waals surface area contributed by atoms with Gasteiger partial charge in [-0.15, -0.1) is 13.2 Å². The maximum atomic E-state index is 13.0. The quantitative estimate of drug-likeness (QED) is 0.0211. The van der Waals surface area contributed by atoms with Gasteiger partial charge in [-0.2, -0.15) is 0 Å². The van der Waals surface area contributed by atoms with E-state index < -0.39 is 27.0 Å². The van der Waals surface area contributed by atoms with Crippen molar-refractivity contribution in [3.8, 4) is 0 Å². The first-order chi connectivity index (χ1) is 29.3. The van der Waals surface area contributed by atoms with Crippen molar-refractivity contribution in [1.82, 2.24) is 0 Å². The van der Waals surface area contributed by atoms with E-state index in [2.05, 4.69) is 13.2 Å². The molecule has 0 amide bonds. The Kier molecular flexibility index (Phi) is 42.7. The molecule has 0 aliphatic rings. The summed E-state index contributed by atoms with van der Waals surface area (Å²) in [7, 11) is -4.82. The average molecular weight is 881 g/mol. The number of hydrogen-bond acceptors (Lipinski definition) is 7. The Labute approximate surface area is 397 Å². The van der Waals surface area contributed by atoms with Crippen LogP contribution in [0, 0.1) is 0 Å². The Hall–Kier alpha value is -1.45. The second-order valence-electron chi connectivity index (χ2n) is 17.3. The van der Waals surface area contributed by atoms with E-state index >= 15 is 0 Å². The van der Waals surface area contributed by atoms with Crippen molar-refractivity contribution in [2.45, 2.75) is 249 Å². The van der Waals surface area contributed by atoms with Crippen LogP contribution in [0.15, 0.2) is 48.4 Å². The second-order valence-corrected chi connectivity index (χ2v) is 18.7. The van der Waals surface area contributed by atoms with Crippen molar-refractivity contribution in [1.29, 1.82) is 0 Å². The third-order valence-corrected chi connectivity index (χ3v) is 12.6. The van der Waals surface area contributed by atoms with Gasteiger partial charge in [-0.25, -0.2) is 18.0 Å². The van der Waals surface area contributed by atoms with E-state index in [9.17, 15) is 22.6 Å². The van der Waals surface area contributed by atoms with E-state index in [0.717, 1.165) is 57.1 Å². The molecule has 0 unspecified atom stereocenters. The van der Waals surface area contributed by atoms with Gasteiger partial charge in [0.25, 0.3) is 0 Å². The van der Waals surface area contributed by atoms with Gasteiger partial charge < -0.3 is 14.0 Å². The Bertz CT molecular complexity index is 1310.